The number of nitrogens with zero attached hydrogens (tertiary/aromatic N) is 2. The number of aromatic nitrogens is 1. The number of aryl methyl sites for hydroxylation is 1. The van der Waals surface area contributed by atoms with Gasteiger partial charge in [-0.3, -0.25) is 14.9 Å². The quantitative estimate of drug-likeness (QED) is 0.733. The van der Waals surface area contributed by atoms with E-state index in [-0.39, 0.29) is 18.9 Å². The first-order valence-corrected chi connectivity index (χ1v) is 7.47. The van der Waals surface area contributed by atoms with Gasteiger partial charge in [0.2, 0.25) is 0 Å². The third-order valence-electron chi connectivity index (χ3n) is 2.89. The molecule has 8 nitrogen and oxygen atoms in total. The van der Waals surface area contributed by atoms with Gasteiger partial charge in [0.1, 0.15) is 0 Å². The zero-order valence-corrected chi connectivity index (χ0v) is 13.5. The molecule has 0 saturated heterocycles. The van der Waals surface area contributed by atoms with E-state index in [2.05, 4.69) is 15.0 Å². The minimum absolute atomic E-state index is 0.0989. The average molecular weight is 329 g/mol. The molecule has 0 bridgehead atoms. The van der Waals surface area contributed by atoms with Gasteiger partial charge in [0.15, 0.2) is 5.13 Å². The van der Waals surface area contributed by atoms with Crippen LogP contribution >= 0.6 is 11.3 Å². The third kappa shape index (κ3) is 5.68. The number of carbonyl (C=O) groups is 3. The number of aliphatic carboxylic acids is 1. The molecule has 0 aromatic carbocycles. The number of ether oxygens (including phenoxy) is 1. The number of thiazole rings is 1. The van der Waals surface area contributed by atoms with Crippen molar-refractivity contribution < 1.29 is 24.2 Å². The Kier molecular flexibility index (Phi) is 6.77. The summed E-state index contributed by atoms with van der Waals surface area (Å²) in [5, 5.41) is 13.6. The summed E-state index contributed by atoms with van der Waals surface area (Å²) in [6.07, 6.45) is 0.661. The monoisotopic (exact) mass is 329 g/mol. The lowest BCUT2D eigenvalue weighted by atomic mass is 10.2. The fraction of sp³-hybridized carbons (Fsp3) is 0.538. The van der Waals surface area contributed by atoms with Crippen molar-refractivity contribution in [3.05, 3.63) is 11.1 Å². The van der Waals surface area contributed by atoms with Crippen LogP contribution in [0, 0.1) is 5.92 Å². The van der Waals surface area contributed by atoms with Gasteiger partial charge in [-0.15, -0.1) is 11.3 Å². The number of nitrogens with one attached hydrogen (secondary N) is 1. The maximum Gasteiger partial charge on any atom is 0.323 e. The SMILES string of the molecule is COC(=O)CCc1csc(NC(=O)N(C)CC(C)C(=O)O)n1. The number of amides is 2. The molecular formula is C13H19N3O5S. The third-order valence-corrected chi connectivity index (χ3v) is 3.70. The minimum Gasteiger partial charge on any atom is -0.481 e. The Balaban J connectivity index is 2.49. The van der Waals surface area contributed by atoms with Crippen LogP contribution < -0.4 is 5.32 Å². The normalized spacial score (nSPS) is 11.6. The van der Waals surface area contributed by atoms with E-state index in [1.54, 1.807) is 5.38 Å². The van der Waals surface area contributed by atoms with Gasteiger partial charge in [0, 0.05) is 25.4 Å². The highest BCUT2D eigenvalue weighted by Gasteiger charge is 2.18. The predicted octanol–water partition coefficient (Wildman–Crippen LogP) is 1.43. The number of carboxylic acid groups (broad SMARTS) is 1. The first-order valence-electron chi connectivity index (χ1n) is 6.59. The fourth-order valence-corrected chi connectivity index (χ4v) is 2.30. The summed E-state index contributed by atoms with van der Waals surface area (Å²) >= 11 is 1.24. The Morgan fingerprint density at radius 3 is 2.77 bits per heavy atom. The molecule has 0 saturated carbocycles. The number of hydrogen-bond donors (Lipinski definition) is 2. The standard InChI is InChI=1S/C13H19N3O5S/c1-8(11(18)19)6-16(2)13(20)15-12-14-9(7-22-12)4-5-10(17)21-3/h7-8H,4-6H2,1-3H3,(H,18,19)(H,14,15,20). The number of rotatable bonds is 7. The van der Waals surface area contributed by atoms with E-state index in [0.29, 0.717) is 17.2 Å². The molecule has 0 aliphatic heterocycles. The van der Waals surface area contributed by atoms with Crippen LogP contribution in [0.25, 0.3) is 0 Å². The fourth-order valence-electron chi connectivity index (χ4n) is 1.57. The van der Waals surface area contributed by atoms with Crippen molar-refractivity contribution in [3.63, 3.8) is 0 Å². The van der Waals surface area contributed by atoms with Gasteiger partial charge in [0.05, 0.1) is 25.1 Å². The second-order valence-electron chi connectivity index (χ2n) is 4.77. The summed E-state index contributed by atoms with van der Waals surface area (Å²) in [7, 11) is 2.84. The molecule has 1 atom stereocenters. The molecule has 0 spiro atoms. The maximum atomic E-state index is 11.9. The van der Waals surface area contributed by atoms with Crippen molar-refractivity contribution in [3.8, 4) is 0 Å². The molecule has 122 valence electrons. The molecule has 0 aliphatic carbocycles. The first-order chi connectivity index (χ1) is 10.3. The average Bonchev–Trinajstić information content (AvgIpc) is 2.91. The van der Waals surface area contributed by atoms with Crippen LogP contribution in [0.15, 0.2) is 5.38 Å². The van der Waals surface area contributed by atoms with Crippen molar-refractivity contribution in [1.29, 1.82) is 0 Å². The molecule has 0 fully saturated rings. The second-order valence-corrected chi connectivity index (χ2v) is 5.63. The topological polar surface area (TPSA) is 109 Å². The molecule has 2 amide bonds. The van der Waals surface area contributed by atoms with Gasteiger partial charge >= 0.3 is 18.0 Å². The molecule has 1 aromatic rings. The highest BCUT2D eigenvalue weighted by atomic mass is 32.1. The lowest BCUT2D eigenvalue weighted by Gasteiger charge is -2.19. The van der Waals surface area contributed by atoms with Crippen LogP contribution in [0.2, 0.25) is 0 Å². The van der Waals surface area contributed by atoms with E-state index >= 15 is 0 Å². The number of methoxy groups -OCH3 is 1. The molecule has 1 aromatic heterocycles. The lowest BCUT2D eigenvalue weighted by molar-refractivity contribution is -0.142. The molecule has 0 aliphatic rings. The van der Waals surface area contributed by atoms with Crippen molar-refractivity contribution in [1.82, 2.24) is 9.88 Å². The number of carboxylic acids is 1. The maximum absolute atomic E-state index is 11.9. The van der Waals surface area contributed by atoms with Crippen molar-refractivity contribution >= 4 is 34.4 Å². The first kappa shape index (κ1) is 17.9. The Morgan fingerprint density at radius 1 is 1.50 bits per heavy atom. The van der Waals surface area contributed by atoms with Crippen molar-refractivity contribution in [2.24, 2.45) is 5.92 Å². The van der Waals surface area contributed by atoms with E-state index in [4.69, 9.17) is 5.11 Å². The summed E-state index contributed by atoms with van der Waals surface area (Å²) in [4.78, 5) is 39.2. The van der Waals surface area contributed by atoms with Gasteiger partial charge in [-0.1, -0.05) is 6.92 Å². The lowest BCUT2D eigenvalue weighted by Crippen LogP contribution is -2.36. The molecule has 1 rings (SSSR count). The summed E-state index contributed by atoms with van der Waals surface area (Å²) < 4.78 is 4.54. The Morgan fingerprint density at radius 2 is 2.18 bits per heavy atom. The second kappa shape index (κ2) is 8.32. The van der Waals surface area contributed by atoms with E-state index in [0.717, 1.165) is 0 Å². The molecule has 0 radical (unpaired) electrons. The zero-order chi connectivity index (χ0) is 16.7. The van der Waals surface area contributed by atoms with Gasteiger partial charge in [-0.05, 0) is 0 Å². The summed E-state index contributed by atoms with van der Waals surface area (Å²) in [6.45, 7) is 1.63. The molecule has 2 N–H and O–H groups in total. The van der Waals surface area contributed by atoms with Crippen molar-refractivity contribution in [2.75, 3.05) is 26.0 Å². The minimum atomic E-state index is -0.959. The zero-order valence-electron chi connectivity index (χ0n) is 12.7. The number of esters is 1. The van der Waals surface area contributed by atoms with Crippen LogP contribution in [0.3, 0.4) is 0 Å². The number of urea groups is 1. The van der Waals surface area contributed by atoms with Gasteiger partial charge in [0.25, 0.3) is 0 Å². The molecular weight excluding hydrogens is 310 g/mol. The summed E-state index contributed by atoms with van der Waals surface area (Å²) in [5.74, 6) is -1.93. The molecule has 22 heavy (non-hydrogen) atoms. The van der Waals surface area contributed by atoms with Crippen LogP contribution in [0.5, 0.6) is 0 Å². The number of carbonyl (C=O) groups excluding carboxylic acids is 2. The molecule has 1 heterocycles. The van der Waals surface area contributed by atoms with E-state index in [9.17, 15) is 14.4 Å². The largest absolute Gasteiger partial charge is 0.481 e. The van der Waals surface area contributed by atoms with Crippen molar-refractivity contribution in [2.45, 2.75) is 19.8 Å². The predicted molar refractivity (Wildman–Crippen MR) is 80.9 cm³/mol. The van der Waals surface area contributed by atoms with Crippen LogP contribution in [-0.2, 0) is 20.7 Å². The van der Waals surface area contributed by atoms with Crippen LogP contribution in [0.1, 0.15) is 19.0 Å². The highest BCUT2D eigenvalue weighted by Crippen LogP contribution is 2.17. The summed E-state index contributed by atoms with van der Waals surface area (Å²) in [6, 6.07) is -0.429. The summed E-state index contributed by atoms with van der Waals surface area (Å²) in [5.41, 5.74) is 0.687. The highest BCUT2D eigenvalue weighted by molar-refractivity contribution is 7.13. The van der Waals surface area contributed by atoms with E-state index in [1.807, 2.05) is 0 Å². The number of anilines is 1. The Labute approximate surface area is 132 Å². The Hall–Kier alpha value is -2.16. The van der Waals surface area contributed by atoms with Gasteiger partial charge in [-0.25, -0.2) is 9.78 Å². The van der Waals surface area contributed by atoms with Crippen LogP contribution in [-0.4, -0.2) is 53.7 Å². The van der Waals surface area contributed by atoms with Gasteiger partial charge < -0.3 is 14.7 Å². The molecule has 1 unspecified atom stereocenters. The number of hydrogen-bond acceptors (Lipinski definition) is 6. The van der Waals surface area contributed by atoms with E-state index in [1.165, 1.54) is 37.3 Å². The smallest absolute Gasteiger partial charge is 0.323 e. The van der Waals surface area contributed by atoms with Gasteiger partial charge in [-0.2, -0.15) is 0 Å². The Bertz CT molecular complexity index is 546. The molecule has 9 heteroatoms. The van der Waals surface area contributed by atoms with E-state index < -0.39 is 17.9 Å². The van der Waals surface area contributed by atoms with Crippen LogP contribution in [0.4, 0.5) is 9.93 Å².